The molecule has 3 N–H and O–H groups in total. The predicted octanol–water partition coefficient (Wildman–Crippen LogP) is 2.24. The number of rotatable bonds is 7. The first-order valence-electron chi connectivity index (χ1n) is 8.10. The molecule has 8 nitrogen and oxygen atoms in total. The van der Waals surface area contributed by atoms with Gasteiger partial charge in [-0.1, -0.05) is 12.1 Å². The highest BCUT2D eigenvalue weighted by Gasteiger charge is 2.19. The topological polar surface area (TPSA) is 122 Å². The molecule has 8 heteroatoms. The second-order valence-corrected chi connectivity index (χ2v) is 6.04. The van der Waals surface area contributed by atoms with Gasteiger partial charge in [0.1, 0.15) is 12.3 Å². The zero-order valence-corrected chi connectivity index (χ0v) is 14.8. The molecule has 0 aliphatic heterocycles. The fourth-order valence-electron chi connectivity index (χ4n) is 2.75. The minimum absolute atomic E-state index is 0.0395. The maximum Gasteiger partial charge on any atom is 0.322 e. The van der Waals surface area contributed by atoms with Crippen molar-refractivity contribution < 1.29 is 24.0 Å². The minimum atomic E-state index is -1.12. The third-order valence-electron chi connectivity index (χ3n) is 3.90. The number of aryl methyl sites for hydroxylation is 2. The summed E-state index contributed by atoms with van der Waals surface area (Å²) in [6, 6.07) is 6.22. The van der Waals surface area contributed by atoms with Crippen molar-refractivity contribution in [1.82, 2.24) is 10.5 Å². The van der Waals surface area contributed by atoms with Crippen LogP contribution in [0.4, 0.5) is 5.69 Å². The van der Waals surface area contributed by atoms with Gasteiger partial charge >= 0.3 is 5.97 Å². The maximum atomic E-state index is 12.2. The number of carbonyl (C=O) groups excluding carboxylic acids is 2. The summed E-state index contributed by atoms with van der Waals surface area (Å²) in [6.07, 6.45) is 0.268. The Morgan fingerprint density at radius 1 is 1.19 bits per heavy atom. The van der Waals surface area contributed by atoms with E-state index in [9.17, 15) is 14.4 Å². The Bertz CT molecular complexity index is 791. The van der Waals surface area contributed by atoms with Crippen LogP contribution in [-0.2, 0) is 9.59 Å². The number of carboxylic acid groups (broad SMARTS) is 1. The van der Waals surface area contributed by atoms with E-state index in [0.29, 0.717) is 17.0 Å². The fourth-order valence-corrected chi connectivity index (χ4v) is 2.75. The predicted molar refractivity (Wildman–Crippen MR) is 94.0 cm³/mol. The number of amides is 2. The van der Waals surface area contributed by atoms with Crippen LogP contribution >= 0.6 is 0 Å². The van der Waals surface area contributed by atoms with E-state index in [1.807, 2.05) is 20.8 Å². The zero-order valence-electron chi connectivity index (χ0n) is 14.8. The minimum Gasteiger partial charge on any atom is -0.480 e. The second kappa shape index (κ2) is 8.28. The van der Waals surface area contributed by atoms with Gasteiger partial charge in [0.2, 0.25) is 5.91 Å². The molecule has 138 valence electrons. The molecule has 0 saturated carbocycles. The maximum absolute atomic E-state index is 12.2. The molecule has 2 aromatic rings. The van der Waals surface area contributed by atoms with Crippen molar-refractivity contribution in [3.05, 3.63) is 46.8 Å². The van der Waals surface area contributed by atoms with Gasteiger partial charge in [0.25, 0.3) is 5.91 Å². The lowest BCUT2D eigenvalue weighted by atomic mass is 9.96. The van der Waals surface area contributed by atoms with Crippen LogP contribution in [0.1, 0.15) is 46.6 Å². The van der Waals surface area contributed by atoms with E-state index in [4.69, 9.17) is 9.63 Å². The number of carbonyl (C=O) groups is 3. The van der Waals surface area contributed by atoms with Crippen LogP contribution in [-0.4, -0.2) is 34.6 Å². The number of nitrogens with zero attached hydrogens (tertiary/aromatic N) is 1. The third-order valence-corrected chi connectivity index (χ3v) is 3.90. The van der Waals surface area contributed by atoms with E-state index in [1.165, 1.54) is 12.1 Å². The normalized spacial score (nSPS) is 11.7. The Kier molecular flexibility index (Phi) is 6.11. The highest BCUT2D eigenvalue weighted by atomic mass is 16.5. The summed E-state index contributed by atoms with van der Waals surface area (Å²) in [4.78, 5) is 34.4. The molecule has 0 fully saturated rings. The van der Waals surface area contributed by atoms with Gasteiger partial charge in [-0.2, -0.15) is 0 Å². The van der Waals surface area contributed by atoms with Gasteiger partial charge in [-0.05, 0) is 44.0 Å². The van der Waals surface area contributed by atoms with Crippen molar-refractivity contribution in [3.8, 4) is 0 Å². The Morgan fingerprint density at radius 2 is 1.85 bits per heavy atom. The average molecular weight is 359 g/mol. The molecule has 0 radical (unpaired) electrons. The van der Waals surface area contributed by atoms with Crippen molar-refractivity contribution in [2.24, 2.45) is 0 Å². The molecular weight excluding hydrogens is 338 g/mol. The molecule has 2 rings (SSSR count). The molecule has 0 aliphatic carbocycles. The zero-order chi connectivity index (χ0) is 19.3. The molecule has 0 bridgehead atoms. The number of anilines is 1. The van der Waals surface area contributed by atoms with Gasteiger partial charge < -0.3 is 20.3 Å². The Labute approximate surface area is 150 Å². The van der Waals surface area contributed by atoms with E-state index in [2.05, 4.69) is 15.8 Å². The summed E-state index contributed by atoms with van der Waals surface area (Å²) >= 11 is 0. The number of hydrogen-bond donors (Lipinski definition) is 3. The molecule has 0 aliphatic rings. The molecule has 1 aromatic heterocycles. The highest BCUT2D eigenvalue weighted by molar-refractivity contribution is 5.97. The van der Waals surface area contributed by atoms with Crippen molar-refractivity contribution >= 4 is 23.5 Å². The first-order valence-corrected chi connectivity index (χ1v) is 8.10. The summed E-state index contributed by atoms with van der Waals surface area (Å²) in [5.74, 6) is -1.10. The van der Waals surface area contributed by atoms with Crippen LogP contribution < -0.4 is 10.6 Å². The molecule has 1 unspecified atom stereocenters. The van der Waals surface area contributed by atoms with E-state index in [0.717, 1.165) is 11.3 Å². The Morgan fingerprint density at radius 3 is 2.38 bits per heavy atom. The number of aromatic nitrogens is 1. The smallest absolute Gasteiger partial charge is 0.322 e. The van der Waals surface area contributed by atoms with Crippen LogP contribution in [0, 0.1) is 13.8 Å². The van der Waals surface area contributed by atoms with Crippen LogP contribution in [0.2, 0.25) is 0 Å². The summed E-state index contributed by atoms with van der Waals surface area (Å²) in [7, 11) is 0. The lowest BCUT2D eigenvalue weighted by Gasteiger charge is -2.12. The molecule has 1 atom stereocenters. The van der Waals surface area contributed by atoms with Gasteiger partial charge in [-0.3, -0.25) is 14.4 Å². The summed E-state index contributed by atoms with van der Waals surface area (Å²) in [5, 5.41) is 17.5. The third kappa shape index (κ3) is 4.92. The average Bonchev–Trinajstić information content (AvgIpc) is 2.91. The van der Waals surface area contributed by atoms with E-state index in [-0.39, 0.29) is 18.2 Å². The molecule has 2 amide bonds. The Hall–Kier alpha value is -3.16. The van der Waals surface area contributed by atoms with Crippen LogP contribution in [0.25, 0.3) is 0 Å². The second-order valence-electron chi connectivity index (χ2n) is 6.04. The summed E-state index contributed by atoms with van der Waals surface area (Å²) < 4.78 is 5.13. The quantitative estimate of drug-likeness (QED) is 0.697. The molecule has 1 aromatic carbocycles. The van der Waals surface area contributed by atoms with Crippen molar-refractivity contribution in [1.29, 1.82) is 0 Å². The first-order chi connectivity index (χ1) is 12.3. The monoisotopic (exact) mass is 359 g/mol. The highest BCUT2D eigenvalue weighted by Crippen LogP contribution is 2.26. The van der Waals surface area contributed by atoms with Crippen molar-refractivity contribution in [2.45, 2.75) is 33.1 Å². The van der Waals surface area contributed by atoms with E-state index >= 15 is 0 Å². The standard InChI is InChI=1S/C18H21N3O5/c1-10(17-11(2)21-26-12(17)3)8-15(22)20-14-6-4-13(5-7-14)18(25)19-9-16(23)24/h4-7,10H,8-9H2,1-3H3,(H,19,25)(H,20,22)(H,23,24). The van der Waals surface area contributed by atoms with Gasteiger partial charge in [0, 0.05) is 23.2 Å². The Balaban J connectivity index is 1.93. The van der Waals surface area contributed by atoms with Gasteiger partial charge in [-0.25, -0.2) is 0 Å². The van der Waals surface area contributed by atoms with E-state index in [1.54, 1.807) is 12.1 Å². The van der Waals surface area contributed by atoms with Gasteiger partial charge in [-0.15, -0.1) is 0 Å². The fraction of sp³-hybridized carbons (Fsp3) is 0.333. The lowest BCUT2D eigenvalue weighted by Crippen LogP contribution is -2.29. The number of hydrogen-bond acceptors (Lipinski definition) is 5. The first kappa shape index (κ1) is 19.2. The van der Waals surface area contributed by atoms with Crippen molar-refractivity contribution in [3.63, 3.8) is 0 Å². The van der Waals surface area contributed by atoms with Crippen molar-refractivity contribution in [2.75, 3.05) is 11.9 Å². The molecule has 26 heavy (non-hydrogen) atoms. The summed E-state index contributed by atoms with van der Waals surface area (Å²) in [6.45, 7) is 5.14. The molecule has 0 saturated heterocycles. The lowest BCUT2D eigenvalue weighted by molar-refractivity contribution is -0.135. The SMILES string of the molecule is Cc1noc(C)c1C(C)CC(=O)Nc1ccc(C(=O)NCC(=O)O)cc1. The number of aliphatic carboxylic acids is 1. The van der Waals surface area contributed by atoms with Crippen LogP contribution in [0.3, 0.4) is 0 Å². The van der Waals surface area contributed by atoms with Crippen LogP contribution in [0.15, 0.2) is 28.8 Å². The van der Waals surface area contributed by atoms with Gasteiger partial charge in [0.05, 0.1) is 5.69 Å². The van der Waals surface area contributed by atoms with Gasteiger partial charge in [0.15, 0.2) is 0 Å². The van der Waals surface area contributed by atoms with Crippen LogP contribution in [0.5, 0.6) is 0 Å². The number of nitrogens with one attached hydrogen (secondary N) is 2. The number of carboxylic acids is 1. The molecular formula is C18H21N3O5. The largest absolute Gasteiger partial charge is 0.480 e. The molecule has 1 heterocycles. The van der Waals surface area contributed by atoms with E-state index < -0.39 is 18.4 Å². The molecule has 0 spiro atoms. The summed E-state index contributed by atoms with van der Waals surface area (Å²) in [5.41, 5.74) is 2.58. The number of benzene rings is 1.